The summed E-state index contributed by atoms with van der Waals surface area (Å²) < 4.78 is 38.5. The quantitative estimate of drug-likeness (QED) is 0.916. The van der Waals surface area contributed by atoms with E-state index in [2.05, 4.69) is 10.1 Å². The molecule has 0 aliphatic heterocycles. The van der Waals surface area contributed by atoms with Gasteiger partial charge in [0.25, 0.3) is 0 Å². The van der Waals surface area contributed by atoms with Crippen LogP contribution in [0.1, 0.15) is 24.4 Å². The van der Waals surface area contributed by atoms with Crippen LogP contribution in [-0.4, -0.2) is 36.2 Å². The van der Waals surface area contributed by atoms with Crippen molar-refractivity contribution < 1.29 is 18.3 Å². The molecule has 0 saturated heterocycles. The molecule has 4 nitrogen and oxygen atoms in total. The third kappa shape index (κ3) is 3.12. The molecular formula is C14H14F3N3OS. The molecule has 0 amide bonds. The van der Waals surface area contributed by atoms with Crippen LogP contribution in [0.15, 0.2) is 43.0 Å². The SMILES string of the molecule is OC(C(c1ccccc1)n1cncn1)C1(SC(F)(F)F)CC1. The average Bonchev–Trinajstić information content (AvgIpc) is 3.03. The Morgan fingerprint density at radius 2 is 1.91 bits per heavy atom. The number of hydrogen-bond donors (Lipinski definition) is 1. The van der Waals surface area contributed by atoms with E-state index in [9.17, 15) is 18.3 Å². The molecule has 118 valence electrons. The number of alkyl halides is 3. The van der Waals surface area contributed by atoms with E-state index in [0.29, 0.717) is 18.4 Å². The second kappa shape index (κ2) is 5.58. The van der Waals surface area contributed by atoms with Crippen molar-refractivity contribution in [3.8, 4) is 0 Å². The van der Waals surface area contributed by atoms with Gasteiger partial charge in [0.2, 0.25) is 0 Å². The van der Waals surface area contributed by atoms with Gasteiger partial charge in [0.15, 0.2) is 0 Å². The molecule has 1 N–H and O–H groups in total. The molecule has 1 aliphatic rings. The Bertz CT molecular complexity index is 614. The molecule has 1 saturated carbocycles. The Labute approximate surface area is 129 Å². The van der Waals surface area contributed by atoms with Crippen molar-refractivity contribution in [3.63, 3.8) is 0 Å². The molecule has 0 bridgehead atoms. The van der Waals surface area contributed by atoms with E-state index in [1.165, 1.54) is 17.3 Å². The highest BCUT2D eigenvalue weighted by molar-refractivity contribution is 8.01. The van der Waals surface area contributed by atoms with Crippen molar-refractivity contribution in [3.05, 3.63) is 48.5 Å². The van der Waals surface area contributed by atoms with Crippen molar-refractivity contribution >= 4 is 11.8 Å². The number of hydrogen-bond acceptors (Lipinski definition) is 4. The highest BCUT2D eigenvalue weighted by atomic mass is 32.2. The van der Waals surface area contributed by atoms with Crippen LogP contribution in [0.2, 0.25) is 0 Å². The van der Waals surface area contributed by atoms with Crippen LogP contribution in [-0.2, 0) is 0 Å². The van der Waals surface area contributed by atoms with Gasteiger partial charge in [0.1, 0.15) is 18.7 Å². The molecule has 0 spiro atoms. The summed E-state index contributed by atoms with van der Waals surface area (Å²) in [7, 11) is 0. The first-order chi connectivity index (χ1) is 10.4. The van der Waals surface area contributed by atoms with Gasteiger partial charge in [-0.2, -0.15) is 18.3 Å². The lowest BCUT2D eigenvalue weighted by atomic mass is 9.98. The Kier molecular flexibility index (Phi) is 3.90. The van der Waals surface area contributed by atoms with Gasteiger partial charge in [-0.25, -0.2) is 9.67 Å². The highest BCUT2D eigenvalue weighted by Gasteiger charge is 2.58. The van der Waals surface area contributed by atoms with Gasteiger partial charge in [0.05, 0.1) is 10.9 Å². The number of rotatable bonds is 5. The molecule has 1 aromatic carbocycles. The maximum atomic E-state index is 12.8. The second-order valence-electron chi connectivity index (χ2n) is 5.29. The number of aliphatic hydroxyl groups is 1. The molecule has 1 fully saturated rings. The zero-order valence-corrected chi connectivity index (χ0v) is 12.3. The number of aromatic nitrogens is 3. The van der Waals surface area contributed by atoms with Gasteiger partial charge in [-0.05, 0) is 30.2 Å². The van der Waals surface area contributed by atoms with Crippen LogP contribution in [0.4, 0.5) is 13.2 Å². The molecule has 2 aromatic rings. The first-order valence-electron chi connectivity index (χ1n) is 6.75. The van der Waals surface area contributed by atoms with Crippen molar-refractivity contribution in [2.24, 2.45) is 0 Å². The lowest BCUT2D eigenvalue weighted by molar-refractivity contribution is -0.0352. The predicted octanol–water partition coefficient (Wildman–Crippen LogP) is 3.01. The molecule has 3 rings (SSSR count). The third-order valence-electron chi connectivity index (χ3n) is 3.76. The first kappa shape index (κ1) is 15.4. The van der Waals surface area contributed by atoms with Gasteiger partial charge in [-0.15, -0.1) is 0 Å². The van der Waals surface area contributed by atoms with Crippen LogP contribution in [0, 0.1) is 0 Å². The Morgan fingerprint density at radius 3 is 2.41 bits per heavy atom. The number of aliphatic hydroxyl groups excluding tert-OH is 1. The Morgan fingerprint density at radius 1 is 1.23 bits per heavy atom. The second-order valence-corrected chi connectivity index (χ2v) is 6.77. The van der Waals surface area contributed by atoms with Gasteiger partial charge in [0, 0.05) is 0 Å². The van der Waals surface area contributed by atoms with Crippen LogP contribution in [0.3, 0.4) is 0 Å². The monoisotopic (exact) mass is 329 g/mol. The van der Waals surface area contributed by atoms with Crippen LogP contribution in [0.25, 0.3) is 0 Å². The first-order valence-corrected chi connectivity index (χ1v) is 7.57. The topological polar surface area (TPSA) is 50.9 Å². The standard InChI is InChI=1S/C14H14F3N3OS/c15-14(16,17)22-13(6-7-13)12(21)11(20-9-18-8-19-20)10-4-2-1-3-5-10/h1-5,8-9,11-12,21H,6-7H2. The minimum absolute atomic E-state index is 0.113. The van der Waals surface area contributed by atoms with E-state index in [0.717, 1.165) is 0 Å². The fourth-order valence-electron chi connectivity index (χ4n) is 2.59. The van der Waals surface area contributed by atoms with Crippen molar-refractivity contribution in [2.75, 3.05) is 0 Å². The fourth-order valence-corrected chi connectivity index (χ4v) is 3.61. The van der Waals surface area contributed by atoms with Gasteiger partial charge >= 0.3 is 5.51 Å². The summed E-state index contributed by atoms with van der Waals surface area (Å²) in [5.41, 5.74) is -3.67. The van der Waals surface area contributed by atoms with Crippen molar-refractivity contribution in [1.82, 2.24) is 14.8 Å². The van der Waals surface area contributed by atoms with Crippen molar-refractivity contribution in [2.45, 2.75) is 35.2 Å². The highest BCUT2D eigenvalue weighted by Crippen LogP contribution is 2.59. The zero-order valence-electron chi connectivity index (χ0n) is 11.4. The molecule has 22 heavy (non-hydrogen) atoms. The molecular weight excluding hydrogens is 315 g/mol. The lowest BCUT2D eigenvalue weighted by Crippen LogP contribution is -2.37. The average molecular weight is 329 g/mol. The van der Waals surface area contributed by atoms with E-state index in [-0.39, 0.29) is 11.8 Å². The van der Waals surface area contributed by atoms with Gasteiger partial charge < -0.3 is 5.11 Å². The minimum atomic E-state index is -4.37. The van der Waals surface area contributed by atoms with E-state index < -0.39 is 22.4 Å². The Hall–Kier alpha value is -1.54. The van der Waals surface area contributed by atoms with Gasteiger partial charge in [-0.3, -0.25) is 0 Å². The van der Waals surface area contributed by atoms with Crippen molar-refractivity contribution in [1.29, 1.82) is 0 Å². The van der Waals surface area contributed by atoms with E-state index >= 15 is 0 Å². The molecule has 0 radical (unpaired) electrons. The van der Waals surface area contributed by atoms with E-state index in [4.69, 9.17) is 0 Å². The summed E-state index contributed by atoms with van der Waals surface area (Å²) in [5.74, 6) is 0. The maximum Gasteiger partial charge on any atom is 0.442 e. The number of halogens is 3. The van der Waals surface area contributed by atoms with E-state index in [1.54, 1.807) is 24.3 Å². The third-order valence-corrected chi connectivity index (χ3v) is 5.05. The summed E-state index contributed by atoms with van der Waals surface area (Å²) in [4.78, 5) is 3.84. The summed E-state index contributed by atoms with van der Waals surface area (Å²) in [5, 5.41) is 14.7. The number of thioether (sulfide) groups is 1. The molecule has 1 heterocycles. The number of benzene rings is 1. The summed E-state index contributed by atoms with van der Waals surface area (Å²) in [6.45, 7) is 0. The fraction of sp³-hybridized carbons (Fsp3) is 0.429. The largest absolute Gasteiger partial charge is 0.442 e. The summed E-state index contributed by atoms with van der Waals surface area (Å²) in [6, 6.07) is 8.21. The summed E-state index contributed by atoms with van der Waals surface area (Å²) >= 11 is -0.113. The Balaban J connectivity index is 1.93. The molecule has 1 aromatic heterocycles. The smallest absolute Gasteiger partial charge is 0.389 e. The van der Waals surface area contributed by atoms with Gasteiger partial charge in [-0.1, -0.05) is 30.3 Å². The zero-order chi connectivity index (χ0) is 15.8. The minimum Gasteiger partial charge on any atom is -0.389 e. The maximum absolute atomic E-state index is 12.8. The molecule has 2 atom stereocenters. The molecule has 1 aliphatic carbocycles. The number of nitrogens with zero attached hydrogens (tertiary/aromatic N) is 3. The predicted molar refractivity (Wildman–Crippen MR) is 76.2 cm³/mol. The molecule has 8 heteroatoms. The summed E-state index contributed by atoms with van der Waals surface area (Å²) in [6.07, 6.45) is 2.17. The van der Waals surface area contributed by atoms with E-state index in [1.807, 2.05) is 6.07 Å². The van der Waals surface area contributed by atoms with Crippen LogP contribution in [0.5, 0.6) is 0 Å². The molecule has 2 unspecified atom stereocenters. The lowest BCUT2D eigenvalue weighted by Gasteiger charge is -2.30. The van der Waals surface area contributed by atoms with Crippen LogP contribution < -0.4 is 0 Å². The normalized spacial score (nSPS) is 19.6. The van der Waals surface area contributed by atoms with Crippen LogP contribution >= 0.6 is 11.8 Å².